The lowest BCUT2D eigenvalue weighted by Crippen LogP contribution is -2.45. The van der Waals surface area contributed by atoms with Crippen LogP contribution in [-0.2, 0) is 11.2 Å². The van der Waals surface area contributed by atoms with E-state index >= 15 is 0 Å². The molecule has 0 aromatic carbocycles. The van der Waals surface area contributed by atoms with E-state index in [0.29, 0.717) is 18.9 Å². The minimum Gasteiger partial charge on any atom is -0.388 e. The van der Waals surface area contributed by atoms with Gasteiger partial charge in [-0.2, -0.15) is 0 Å². The van der Waals surface area contributed by atoms with Gasteiger partial charge in [-0.25, -0.2) is 0 Å². The van der Waals surface area contributed by atoms with E-state index in [9.17, 15) is 9.90 Å². The molecule has 0 unspecified atom stereocenters. The van der Waals surface area contributed by atoms with Crippen molar-refractivity contribution in [3.05, 3.63) is 22.4 Å². The molecular formula is C14H21NO2S. The molecule has 0 aliphatic heterocycles. The Balaban J connectivity index is 1.75. The first-order chi connectivity index (χ1) is 8.57. The zero-order chi connectivity index (χ0) is 13.0. The Morgan fingerprint density at radius 1 is 1.56 bits per heavy atom. The van der Waals surface area contributed by atoms with Gasteiger partial charge in [-0.1, -0.05) is 13.0 Å². The summed E-state index contributed by atoms with van der Waals surface area (Å²) in [7, 11) is 0. The third-order valence-corrected chi connectivity index (χ3v) is 4.61. The molecule has 0 atom stereocenters. The van der Waals surface area contributed by atoms with Gasteiger partial charge < -0.3 is 10.4 Å². The topological polar surface area (TPSA) is 49.3 Å². The Morgan fingerprint density at radius 2 is 2.28 bits per heavy atom. The molecule has 1 amide bonds. The molecule has 18 heavy (non-hydrogen) atoms. The molecule has 2 rings (SSSR count). The molecule has 0 radical (unpaired) electrons. The molecular weight excluding hydrogens is 246 g/mol. The van der Waals surface area contributed by atoms with E-state index < -0.39 is 5.60 Å². The summed E-state index contributed by atoms with van der Waals surface area (Å²) >= 11 is 1.59. The summed E-state index contributed by atoms with van der Waals surface area (Å²) in [6.07, 6.45) is 4.12. The van der Waals surface area contributed by atoms with Crippen LogP contribution in [0.2, 0.25) is 0 Å². The average Bonchev–Trinajstić information content (AvgIpc) is 2.84. The Hall–Kier alpha value is -0.870. The van der Waals surface area contributed by atoms with E-state index in [4.69, 9.17) is 0 Å². The highest BCUT2D eigenvalue weighted by atomic mass is 32.1. The van der Waals surface area contributed by atoms with Crippen molar-refractivity contribution in [1.29, 1.82) is 0 Å². The van der Waals surface area contributed by atoms with Crippen LogP contribution in [0, 0.1) is 5.92 Å². The maximum Gasteiger partial charge on any atom is 0.225 e. The lowest BCUT2D eigenvalue weighted by molar-refractivity contribution is -0.122. The molecule has 1 saturated carbocycles. The number of thiophene rings is 1. The highest BCUT2D eigenvalue weighted by Gasteiger charge is 2.31. The maximum absolute atomic E-state index is 11.7. The van der Waals surface area contributed by atoms with Gasteiger partial charge in [0, 0.05) is 11.4 Å². The van der Waals surface area contributed by atoms with E-state index in [1.165, 1.54) is 0 Å². The van der Waals surface area contributed by atoms with Gasteiger partial charge >= 0.3 is 0 Å². The second-order valence-electron chi connectivity index (χ2n) is 5.44. The van der Waals surface area contributed by atoms with E-state index in [-0.39, 0.29) is 5.91 Å². The van der Waals surface area contributed by atoms with Gasteiger partial charge in [0.1, 0.15) is 0 Å². The smallest absolute Gasteiger partial charge is 0.225 e. The van der Waals surface area contributed by atoms with Crippen LogP contribution < -0.4 is 5.32 Å². The largest absolute Gasteiger partial charge is 0.388 e. The molecule has 1 aromatic rings. The Kier molecular flexibility index (Phi) is 4.40. The standard InChI is InChI=1S/C14H21NO2S/c1-11-4-6-14(17,7-5-11)10-15-13(16)9-12-3-2-8-18-12/h2-3,8,11,17H,4-7,9-10H2,1H3,(H,15,16). The molecule has 4 heteroatoms. The number of rotatable bonds is 4. The molecule has 0 saturated heterocycles. The predicted octanol–water partition coefficient (Wildman–Crippen LogP) is 2.35. The fraction of sp³-hybridized carbons (Fsp3) is 0.643. The molecule has 100 valence electrons. The monoisotopic (exact) mass is 267 g/mol. The number of carbonyl (C=O) groups is 1. The summed E-state index contributed by atoms with van der Waals surface area (Å²) in [6, 6.07) is 3.91. The van der Waals surface area contributed by atoms with Gasteiger partial charge in [0.25, 0.3) is 0 Å². The number of nitrogens with one attached hydrogen (secondary N) is 1. The van der Waals surface area contributed by atoms with Gasteiger partial charge in [-0.05, 0) is 43.0 Å². The lowest BCUT2D eigenvalue weighted by Gasteiger charge is -2.34. The zero-order valence-corrected chi connectivity index (χ0v) is 11.6. The fourth-order valence-corrected chi connectivity index (χ4v) is 3.08. The molecule has 0 bridgehead atoms. The van der Waals surface area contributed by atoms with E-state index in [2.05, 4.69) is 12.2 Å². The number of amides is 1. The average molecular weight is 267 g/mol. The van der Waals surface area contributed by atoms with E-state index in [1.807, 2.05) is 17.5 Å². The summed E-state index contributed by atoms with van der Waals surface area (Å²) in [5.74, 6) is 0.705. The molecule has 0 spiro atoms. The molecule has 2 N–H and O–H groups in total. The van der Waals surface area contributed by atoms with Crippen molar-refractivity contribution in [3.8, 4) is 0 Å². The third kappa shape index (κ3) is 3.82. The Morgan fingerprint density at radius 3 is 2.89 bits per heavy atom. The SMILES string of the molecule is CC1CCC(O)(CNC(=O)Cc2cccs2)CC1. The van der Waals surface area contributed by atoms with Crippen molar-refractivity contribution in [3.63, 3.8) is 0 Å². The van der Waals surface area contributed by atoms with Crippen molar-refractivity contribution < 1.29 is 9.90 Å². The summed E-state index contributed by atoms with van der Waals surface area (Å²) in [4.78, 5) is 12.8. The Bertz CT molecular complexity index is 381. The van der Waals surface area contributed by atoms with Crippen LogP contribution >= 0.6 is 11.3 Å². The molecule has 3 nitrogen and oxygen atoms in total. The fourth-order valence-electron chi connectivity index (χ4n) is 2.37. The van der Waals surface area contributed by atoms with Crippen LogP contribution in [0.5, 0.6) is 0 Å². The van der Waals surface area contributed by atoms with Crippen LogP contribution in [-0.4, -0.2) is 23.2 Å². The van der Waals surface area contributed by atoms with Crippen molar-refractivity contribution in [2.45, 2.75) is 44.6 Å². The number of hydrogen-bond donors (Lipinski definition) is 2. The first-order valence-corrected chi connectivity index (χ1v) is 7.47. The van der Waals surface area contributed by atoms with Gasteiger partial charge in [0.15, 0.2) is 0 Å². The highest BCUT2D eigenvalue weighted by Crippen LogP contribution is 2.31. The van der Waals surface area contributed by atoms with Crippen LogP contribution in [0.25, 0.3) is 0 Å². The van der Waals surface area contributed by atoms with Crippen molar-refractivity contribution in [2.24, 2.45) is 5.92 Å². The Labute approximate surface area is 112 Å². The van der Waals surface area contributed by atoms with E-state index in [0.717, 1.165) is 30.6 Å². The van der Waals surface area contributed by atoms with Crippen molar-refractivity contribution in [1.82, 2.24) is 5.32 Å². The summed E-state index contributed by atoms with van der Waals surface area (Å²) in [5.41, 5.74) is -0.683. The third-order valence-electron chi connectivity index (χ3n) is 3.73. The van der Waals surface area contributed by atoms with Crippen LogP contribution in [0.3, 0.4) is 0 Å². The minimum absolute atomic E-state index is 0.00416. The van der Waals surface area contributed by atoms with E-state index in [1.54, 1.807) is 11.3 Å². The summed E-state index contributed by atoms with van der Waals surface area (Å²) in [5, 5.41) is 15.2. The predicted molar refractivity (Wildman–Crippen MR) is 73.6 cm³/mol. The second-order valence-corrected chi connectivity index (χ2v) is 6.47. The van der Waals surface area contributed by atoms with Crippen LogP contribution in [0.15, 0.2) is 17.5 Å². The van der Waals surface area contributed by atoms with Gasteiger partial charge in [0.2, 0.25) is 5.91 Å². The number of carbonyl (C=O) groups excluding carboxylic acids is 1. The number of aliphatic hydroxyl groups is 1. The lowest BCUT2D eigenvalue weighted by atomic mass is 9.79. The van der Waals surface area contributed by atoms with Gasteiger partial charge in [-0.3, -0.25) is 4.79 Å². The van der Waals surface area contributed by atoms with Gasteiger partial charge in [-0.15, -0.1) is 11.3 Å². The molecule has 1 aliphatic rings. The second kappa shape index (κ2) is 5.85. The first kappa shape index (κ1) is 13.6. The molecule has 1 aromatic heterocycles. The quantitative estimate of drug-likeness (QED) is 0.880. The van der Waals surface area contributed by atoms with Gasteiger partial charge in [0.05, 0.1) is 12.0 Å². The molecule has 1 aliphatic carbocycles. The van der Waals surface area contributed by atoms with Crippen molar-refractivity contribution >= 4 is 17.2 Å². The minimum atomic E-state index is -0.683. The van der Waals surface area contributed by atoms with Crippen LogP contribution in [0.4, 0.5) is 0 Å². The van der Waals surface area contributed by atoms with Crippen molar-refractivity contribution in [2.75, 3.05) is 6.54 Å². The zero-order valence-electron chi connectivity index (χ0n) is 10.8. The highest BCUT2D eigenvalue weighted by molar-refractivity contribution is 7.10. The number of hydrogen-bond acceptors (Lipinski definition) is 3. The summed E-state index contributed by atoms with van der Waals surface area (Å²) in [6.45, 7) is 2.61. The maximum atomic E-state index is 11.7. The first-order valence-electron chi connectivity index (χ1n) is 6.59. The molecule has 1 fully saturated rings. The summed E-state index contributed by atoms with van der Waals surface area (Å²) < 4.78 is 0. The molecule has 1 heterocycles. The van der Waals surface area contributed by atoms with Crippen LogP contribution in [0.1, 0.15) is 37.5 Å². The normalized spacial score (nSPS) is 28.0.